The van der Waals surface area contributed by atoms with Crippen LogP contribution >= 0.6 is 10.3 Å². The maximum atomic E-state index is 14.5. The van der Waals surface area contributed by atoms with Gasteiger partial charge in [0.25, 0.3) is 0 Å². The predicted molar refractivity (Wildman–Crippen MR) is 119 cm³/mol. The number of alkyl halides is 9. The highest BCUT2D eigenvalue weighted by atomic mass is 32.3. The van der Waals surface area contributed by atoms with Crippen molar-refractivity contribution in [1.29, 1.82) is 0 Å². The van der Waals surface area contributed by atoms with E-state index in [4.69, 9.17) is 9.47 Å². The largest absolute Gasteiger partial charge is 0.464 e. The van der Waals surface area contributed by atoms with Gasteiger partial charge < -0.3 is 9.47 Å². The fourth-order valence-corrected chi connectivity index (χ4v) is 10.2. The first-order chi connectivity index (χ1) is 17.5. The minimum atomic E-state index is -7.37. The number of fused-ring (bicyclic) bond motifs is 1. The highest BCUT2D eigenvalue weighted by Gasteiger charge is 2.86. The van der Waals surface area contributed by atoms with Gasteiger partial charge in [-0.05, 0) is 36.8 Å². The molecule has 1 unspecified atom stereocenters. The van der Waals surface area contributed by atoms with E-state index in [0.717, 1.165) is 6.42 Å². The maximum absolute atomic E-state index is 14.5. The lowest BCUT2D eigenvalue weighted by molar-refractivity contribution is -0.382. The summed E-state index contributed by atoms with van der Waals surface area (Å²) in [6.07, 6.45) is -6.01. The molecule has 16 heteroatoms. The van der Waals surface area contributed by atoms with Crippen LogP contribution in [0.25, 0.3) is 10.8 Å². The molecule has 2 aliphatic rings. The van der Waals surface area contributed by atoms with Gasteiger partial charge in [0.05, 0.1) is 6.61 Å². The van der Waals surface area contributed by atoms with Gasteiger partial charge in [-0.25, -0.2) is 3.63 Å². The van der Waals surface area contributed by atoms with Crippen LogP contribution < -0.4 is 4.74 Å². The summed E-state index contributed by atoms with van der Waals surface area (Å²) in [7, 11) is -10.4. The van der Waals surface area contributed by atoms with Crippen molar-refractivity contribution in [2.45, 2.75) is 60.1 Å². The summed E-state index contributed by atoms with van der Waals surface area (Å²) in [5, 5.41) is -6.29. The molecule has 2 fully saturated rings. The summed E-state index contributed by atoms with van der Waals surface area (Å²) in [5.74, 6) is -14.9. The van der Waals surface area contributed by atoms with Crippen molar-refractivity contribution < 1.29 is 61.0 Å². The van der Waals surface area contributed by atoms with Crippen LogP contribution in [0.15, 0.2) is 41.3 Å². The van der Waals surface area contributed by atoms with Crippen molar-refractivity contribution in [3.8, 4) is 5.75 Å². The number of ether oxygens (including phenoxy) is 2. The molecule has 0 aromatic heterocycles. The first-order valence-electron chi connectivity index (χ1n) is 11.2. The lowest BCUT2D eigenvalue weighted by Crippen LogP contribution is -2.63. The number of rotatable bonds is 8. The van der Waals surface area contributed by atoms with E-state index in [0.29, 0.717) is 18.4 Å². The standard InChI is InChI=1S/C22H21F9O5S2/c23-19(24,21(27,28)29)20(25,26)22(30,31)38(32,33)36-37(12-3-4-13-37)17-10-9-16(35-18-8-5-11-34-18)14-6-1-2-7-15(14)17/h1-2,6-7,9-10,18H,3-5,8,11-13H2. The molecule has 0 bridgehead atoms. The summed E-state index contributed by atoms with van der Waals surface area (Å²) in [4.78, 5) is 0.0237. The van der Waals surface area contributed by atoms with Crippen LogP contribution in [-0.2, 0) is 18.5 Å². The van der Waals surface area contributed by atoms with Gasteiger partial charge in [0.2, 0.25) is 0 Å². The predicted octanol–water partition coefficient (Wildman–Crippen LogP) is 7.00. The van der Waals surface area contributed by atoms with Gasteiger partial charge >= 0.3 is 33.4 Å². The van der Waals surface area contributed by atoms with Crippen LogP contribution in [0, 0.1) is 0 Å². The van der Waals surface area contributed by atoms with E-state index in [9.17, 15) is 47.9 Å². The topological polar surface area (TPSA) is 61.8 Å². The Bertz CT molecular complexity index is 1290. The van der Waals surface area contributed by atoms with E-state index in [-0.39, 0.29) is 40.4 Å². The molecule has 1 atom stereocenters. The molecule has 0 spiro atoms. The number of hydrogen-bond donors (Lipinski definition) is 0. The molecule has 0 N–H and O–H groups in total. The van der Waals surface area contributed by atoms with Gasteiger partial charge in [0, 0.05) is 28.2 Å². The second-order valence-electron chi connectivity index (χ2n) is 8.78. The summed E-state index contributed by atoms with van der Waals surface area (Å²) < 4.78 is 162. The Morgan fingerprint density at radius 2 is 1.42 bits per heavy atom. The molecule has 2 heterocycles. The van der Waals surface area contributed by atoms with E-state index in [1.54, 1.807) is 12.1 Å². The fraction of sp³-hybridized carbons (Fsp3) is 0.545. The van der Waals surface area contributed by atoms with Crippen molar-refractivity contribution in [3.05, 3.63) is 36.4 Å². The third kappa shape index (κ3) is 4.60. The smallest absolute Gasteiger partial charge is 0.460 e. The number of benzene rings is 2. The molecule has 2 aliphatic heterocycles. The molecule has 4 rings (SSSR count). The fourth-order valence-electron chi connectivity index (χ4n) is 4.28. The van der Waals surface area contributed by atoms with Gasteiger partial charge in [-0.3, -0.25) is 0 Å². The Morgan fingerprint density at radius 3 is 1.97 bits per heavy atom. The van der Waals surface area contributed by atoms with Crippen molar-refractivity contribution in [1.82, 2.24) is 0 Å². The second-order valence-corrected chi connectivity index (χ2v) is 13.6. The first kappa shape index (κ1) is 29.1. The maximum Gasteiger partial charge on any atom is 0.460 e. The molecule has 2 saturated heterocycles. The lowest BCUT2D eigenvalue weighted by Gasteiger charge is -2.38. The molecule has 0 saturated carbocycles. The van der Waals surface area contributed by atoms with E-state index in [1.807, 2.05) is 0 Å². The Labute approximate surface area is 212 Å². The minimum absolute atomic E-state index is 0.0237. The average molecular weight is 601 g/mol. The Morgan fingerprint density at radius 1 is 0.816 bits per heavy atom. The minimum Gasteiger partial charge on any atom is -0.464 e. The average Bonchev–Trinajstić information content (AvgIpc) is 3.50. The molecular weight excluding hydrogens is 579 g/mol. The van der Waals surface area contributed by atoms with Gasteiger partial charge in [-0.2, -0.15) is 47.9 Å². The second kappa shape index (κ2) is 9.63. The highest BCUT2D eigenvalue weighted by Crippen LogP contribution is 2.66. The van der Waals surface area contributed by atoms with Gasteiger partial charge in [-0.15, -0.1) is 0 Å². The molecule has 2 aromatic carbocycles. The third-order valence-corrected chi connectivity index (χ3v) is 11.9. The Kier molecular flexibility index (Phi) is 7.37. The zero-order valence-corrected chi connectivity index (χ0v) is 20.9. The first-order valence-corrected chi connectivity index (χ1v) is 14.5. The quantitative estimate of drug-likeness (QED) is 0.306. The number of hydrogen-bond acceptors (Lipinski definition) is 5. The normalized spacial score (nSPS) is 22.1. The van der Waals surface area contributed by atoms with Gasteiger partial charge in [-0.1, -0.05) is 34.6 Å². The molecular formula is C22H21F9O5S2. The van der Waals surface area contributed by atoms with E-state index in [1.165, 1.54) is 24.3 Å². The van der Waals surface area contributed by atoms with Crippen LogP contribution in [0.5, 0.6) is 5.75 Å². The van der Waals surface area contributed by atoms with Crippen molar-refractivity contribution in [3.63, 3.8) is 0 Å². The van der Waals surface area contributed by atoms with Gasteiger partial charge in [0.15, 0.2) is 6.29 Å². The van der Waals surface area contributed by atoms with Gasteiger partial charge in [0.1, 0.15) is 5.75 Å². The van der Waals surface area contributed by atoms with Crippen LogP contribution in [0.4, 0.5) is 39.5 Å². The molecule has 0 amide bonds. The summed E-state index contributed by atoms with van der Waals surface area (Å²) >= 11 is 0. The monoisotopic (exact) mass is 600 g/mol. The molecule has 214 valence electrons. The summed E-state index contributed by atoms with van der Waals surface area (Å²) in [6.45, 7) is 0.464. The Hall–Kier alpha value is -1.91. The molecule has 0 aliphatic carbocycles. The lowest BCUT2D eigenvalue weighted by atomic mass is 10.1. The van der Waals surface area contributed by atoms with Crippen molar-refractivity contribution in [2.75, 3.05) is 18.1 Å². The zero-order valence-electron chi connectivity index (χ0n) is 19.3. The Balaban J connectivity index is 1.78. The SMILES string of the molecule is O=S(=O)(OS1(c2ccc(OC3CCCO3)c3ccccc23)CCCC1)C(F)(F)C(F)(F)C(F)(F)C(F)(F)F. The van der Waals surface area contributed by atoms with E-state index < -0.39 is 50.0 Å². The van der Waals surface area contributed by atoms with Crippen LogP contribution in [0.3, 0.4) is 0 Å². The third-order valence-electron chi connectivity index (χ3n) is 6.24. The van der Waals surface area contributed by atoms with E-state index >= 15 is 0 Å². The summed E-state index contributed by atoms with van der Waals surface area (Å²) in [6, 6.07) is 8.82. The van der Waals surface area contributed by atoms with Crippen LogP contribution in [0.1, 0.15) is 25.7 Å². The van der Waals surface area contributed by atoms with Crippen molar-refractivity contribution >= 4 is 31.2 Å². The molecule has 5 nitrogen and oxygen atoms in total. The van der Waals surface area contributed by atoms with Crippen LogP contribution in [0.2, 0.25) is 0 Å². The number of halogens is 9. The van der Waals surface area contributed by atoms with Crippen LogP contribution in [-0.4, -0.2) is 56.1 Å². The zero-order chi connectivity index (χ0) is 28.2. The molecule has 38 heavy (non-hydrogen) atoms. The highest BCUT2D eigenvalue weighted by molar-refractivity contribution is 8.33. The van der Waals surface area contributed by atoms with Crippen molar-refractivity contribution in [2.24, 2.45) is 0 Å². The molecule has 2 aromatic rings. The summed E-state index contributed by atoms with van der Waals surface area (Å²) in [5.41, 5.74) is 0. The van der Waals surface area contributed by atoms with E-state index in [2.05, 4.69) is 3.63 Å². The molecule has 0 radical (unpaired) electrons.